The van der Waals surface area contributed by atoms with Gasteiger partial charge in [0.1, 0.15) is 0 Å². The Labute approximate surface area is 134 Å². The average molecular weight is 309 g/mol. The van der Waals surface area contributed by atoms with Gasteiger partial charge in [-0.2, -0.15) is 4.98 Å². The Balaban J connectivity index is 1.91. The van der Waals surface area contributed by atoms with E-state index < -0.39 is 5.41 Å². The van der Waals surface area contributed by atoms with Crippen LogP contribution in [0.4, 0.5) is 5.69 Å². The molecule has 0 spiro atoms. The molecular weight excluding hydrogens is 290 g/mol. The highest BCUT2D eigenvalue weighted by Crippen LogP contribution is 2.27. The van der Waals surface area contributed by atoms with E-state index in [2.05, 4.69) is 15.3 Å². The van der Waals surface area contributed by atoms with E-state index in [0.29, 0.717) is 17.1 Å². The van der Waals surface area contributed by atoms with Crippen LogP contribution in [0.1, 0.15) is 26.3 Å². The molecule has 0 aliphatic carbocycles. The van der Waals surface area contributed by atoms with Gasteiger partial charge in [-0.15, -0.1) is 0 Å². The molecule has 0 unspecified atom stereocenters. The first-order chi connectivity index (χ1) is 10.8. The van der Waals surface area contributed by atoms with Crippen molar-refractivity contribution in [1.82, 2.24) is 9.97 Å². The second-order valence-electron chi connectivity index (χ2n) is 6.58. The first kappa shape index (κ1) is 15.2. The van der Waals surface area contributed by atoms with Gasteiger partial charge in [0.05, 0.1) is 0 Å². The summed E-state index contributed by atoms with van der Waals surface area (Å²) in [5.74, 6) is 0.509. The predicted octanol–water partition coefficient (Wildman–Crippen LogP) is 4.18. The zero-order valence-electron chi connectivity index (χ0n) is 13.7. The maximum Gasteiger partial charge on any atom is 0.229 e. The smallest absolute Gasteiger partial charge is 0.229 e. The molecule has 0 radical (unpaired) electrons. The largest absolute Gasteiger partial charge is 0.434 e. The van der Waals surface area contributed by atoms with Crippen molar-refractivity contribution in [3.05, 3.63) is 42.1 Å². The SMILES string of the molecule is Cc1cc(-c2nc3ncccc3o2)ccc1NC(=O)C(C)(C)C. The summed E-state index contributed by atoms with van der Waals surface area (Å²) in [5.41, 5.74) is 3.42. The van der Waals surface area contributed by atoms with Gasteiger partial charge < -0.3 is 9.73 Å². The standard InChI is InChI=1S/C18H19N3O2/c1-11-10-12(7-8-13(11)20-17(22)18(2,3)4)16-21-15-14(23-16)6-5-9-19-15/h5-10H,1-4H3,(H,20,22). The summed E-state index contributed by atoms with van der Waals surface area (Å²) >= 11 is 0. The minimum Gasteiger partial charge on any atom is -0.434 e. The van der Waals surface area contributed by atoms with Crippen LogP contribution in [0.5, 0.6) is 0 Å². The number of carbonyl (C=O) groups excluding carboxylic acids is 1. The zero-order valence-corrected chi connectivity index (χ0v) is 13.7. The number of pyridine rings is 1. The number of amides is 1. The molecule has 0 fully saturated rings. The van der Waals surface area contributed by atoms with Gasteiger partial charge in [-0.3, -0.25) is 4.79 Å². The summed E-state index contributed by atoms with van der Waals surface area (Å²) in [6, 6.07) is 9.35. The molecule has 2 aromatic heterocycles. The fraction of sp³-hybridized carbons (Fsp3) is 0.278. The molecular formula is C18H19N3O2. The fourth-order valence-electron chi connectivity index (χ4n) is 2.14. The van der Waals surface area contributed by atoms with Crippen molar-refractivity contribution in [2.24, 2.45) is 5.41 Å². The second kappa shape index (κ2) is 5.50. The normalized spacial score (nSPS) is 11.7. The maximum atomic E-state index is 12.1. The van der Waals surface area contributed by atoms with E-state index in [-0.39, 0.29) is 5.91 Å². The molecule has 0 aliphatic rings. The Morgan fingerprint density at radius 3 is 2.65 bits per heavy atom. The number of aromatic nitrogens is 2. The topological polar surface area (TPSA) is 68.0 Å². The molecule has 5 heteroatoms. The molecule has 3 aromatic rings. The first-order valence-corrected chi connectivity index (χ1v) is 7.48. The number of hydrogen-bond acceptors (Lipinski definition) is 4. The summed E-state index contributed by atoms with van der Waals surface area (Å²) in [4.78, 5) is 20.7. The van der Waals surface area contributed by atoms with Gasteiger partial charge in [0.2, 0.25) is 11.8 Å². The lowest BCUT2D eigenvalue weighted by Gasteiger charge is -2.18. The predicted molar refractivity (Wildman–Crippen MR) is 90.1 cm³/mol. The van der Waals surface area contributed by atoms with Crippen molar-refractivity contribution in [3.63, 3.8) is 0 Å². The molecule has 23 heavy (non-hydrogen) atoms. The van der Waals surface area contributed by atoms with Crippen molar-refractivity contribution in [2.75, 3.05) is 5.32 Å². The molecule has 5 nitrogen and oxygen atoms in total. The second-order valence-corrected chi connectivity index (χ2v) is 6.58. The lowest BCUT2D eigenvalue weighted by molar-refractivity contribution is -0.123. The summed E-state index contributed by atoms with van der Waals surface area (Å²) < 4.78 is 5.72. The number of fused-ring (bicyclic) bond motifs is 1. The molecule has 2 heterocycles. The number of aryl methyl sites for hydroxylation is 1. The summed E-state index contributed by atoms with van der Waals surface area (Å²) in [6.45, 7) is 7.61. The molecule has 0 saturated heterocycles. The van der Waals surface area contributed by atoms with Crippen molar-refractivity contribution >= 4 is 22.8 Å². The lowest BCUT2D eigenvalue weighted by atomic mass is 9.95. The van der Waals surface area contributed by atoms with E-state index in [1.807, 2.05) is 58.0 Å². The quantitative estimate of drug-likeness (QED) is 0.771. The molecule has 3 rings (SSSR count). The van der Waals surface area contributed by atoms with Gasteiger partial charge in [0.15, 0.2) is 11.2 Å². The van der Waals surface area contributed by atoms with Crippen molar-refractivity contribution in [2.45, 2.75) is 27.7 Å². The van der Waals surface area contributed by atoms with Gasteiger partial charge in [-0.25, -0.2) is 4.98 Å². The van der Waals surface area contributed by atoms with E-state index in [1.54, 1.807) is 6.20 Å². The molecule has 118 valence electrons. The Kier molecular flexibility index (Phi) is 3.64. The van der Waals surface area contributed by atoms with E-state index in [0.717, 1.165) is 16.8 Å². The van der Waals surface area contributed by atoms with Crippen LogP contribution in [0.3, 0.4) is 0 Å². The molecule has 0 atom stereocenters. The highest BCUT2D eigenvalue weighted by Gasteiger charge is 2.21. The van der Waals surface area contributed by atoms with Gasteiger partial charge in [0.25, 0.3) is 0 Å². The van der Waals surface area contributed by atoms with E-state index in [4.69, 9.17) is 4.42 Å². The fourth-order valence-corrected chi connectivity index (χ4v) is 2.14. The van der Waals surface area contributed by atoms with E-state index >= 15 is 0 Å². The number of rotatable bonds is 2. The van der Waals surface area contributed by atoms with Crippen molar-refractivity contribution < 1.29 is 9.21 Å². The average Bonchev–Trinajstić information content (AvgIpc) is 2.92. The third kappa shape index (κ3) is 3.08. The third-order valence-corrected chi connectivity index (χ3v) is 3.57. The Bertz CT molecular complexity index is 842. The Morgan fingerprint density at radius 2 is 2.00 bits per heavy atom. The van der Waals surface area contributed by atoms with Crippen LogP contribution in [0.2, 0.25) is 0 Å². The molecule has 0 bridgehead atoms. The summed E-state index contributed by atoms with van der Waals surface area (Å²) in [5, 5.41) is 2.95. The van der Waals surface area contributed by atoms with Crippen LogP contribution in [0.25, 0.3) is 22.7 Å². The molecule has 0 saturated carbocycles. The third-order valence-electron chi connectivity index (χ3n) is 3.57. The molecule has 1 aromatic carbocycles. The van der Waals surface area contributed by atoms with Gasteiger partial charge >= 0.3 is 0 Å². The number of nitrogens with zero attached hydrogens (tertiary/aromatic N) is 2. The number of oxazole rings is 1. The highest BCUT2D eigenvalue weighted by atomic mass is 16.3. The molecule has 0 aliphatic heterocycles. The minimum absolute atomic E-state index is 0.0144. The number of carbonyl (C=O) groups is 1. The number of anilines is 1. The number of benzene rings is 1. The number of hydrogen-bond donors (Lipinski definition) is 1. The van der Waals surface area contributed by atoms with Crippen LogP contribution in [0.15, 0.2) is 40.9 Å². The zero-order chi connectivity index (χ0) is 16.6. The van der Waals surface area contributed by atoms with Crippen molar-refractivity contribution in [3.8, 4) is 11.5 Å². The van der Waals surface area contributed by atoms with Crippen LogP contribution in [0, 0.1) is 12.3 Å². The molecule has 1 N–H and O–H groups in total. The minimum atomic E-state index is -0.433. The van der Waals surface area contributed by atoms with Crippen molar-refractivity contribution in [1.29, 1.82) is 0 Å². The summed E-state index contributed by atoms with van der Waals surface area (Å²) in [7, 11) is 0. The van der Waals surface area contributed by atoms with E-state index in [9.17, 15) is 4.79 Å². The highest BCUT2D eigenvalue weighted by molar-refractivity contribution is 5.95. The van der Waals surface area contributed by atoms with Gasteiger partial charge in [0, 0.05) is 22.9 Å². The summed E-state index contributed by atoms with van der Waals surface area (Å²) in [6.07, 6.45) is 1.69. The Morgan fingerprint density at radius 1 is 1.22 bits per heavy atom. The van der Waals surface area contributed by atoms with Crippen LogP contribution in [-0.4, -0.2) is 15.9 Å². The number of nitrogens with one attached hydrogen (secondary N) is 1. The van der Waals surface area contributed by atoms with Crippen LogP contribution in [-0.2, 0) is 4.79 Å². The van der Waals surface area contributed by atoms with Gasteiger partial charge in [-0.1, -0.05) is 20.8 Å². The van der Waals surface area contributed by atoms with Crippen LogP contribution >= 0.6 is 0 Å². The Hall–Kier alpha value is -2.69. The maximum absolute atomic E-state index is 12.1. The monoisotopic (exact) mass is 309 g/mol. The first-order valence-electron chi connectivity index (χ1n) is 7.48. The van der Waals surface area contributed by atoms with E-state index in [1.165, 1.54) is 0 Å². The van der Waals surface area contributed by atoms with Crippen LogP contribution < -0.4 is 5.32 Å². The molecule has 1 amide bonds. The van der Waals surface area contributed by atoms with Gasteiger partial charge in [-0.05, 0) is 42.8 Å². The lowest BCUT2D eigenvalue weighted by Crippen LogP contribution is -2.27.